The molecule has 130 valence electrons. The SMILES string of the molecule is COc1ccc(CNC(=O)c2sc3cccc(Cl)c3c2Cl)cc1OC. The molecule has 0 aliphatic heterocycles. The molecule has 0 spiro atoms. The van der Waals surface area contributed by atoms with Gasteiger partial charge < -0.3 is 14.8 Å². The van der Waals surface area contributed by atoms with Crippen LogP contribution >= 0.6 is 34.5 Å². The van der Waals surface area contributed by atoms with E-state index in [0.717, 1.165) is 10.3 Å². The van der Waals surface area contributed by atoms with Gasteiger partial charge in [0.15, 0.2) is 11.5 Å². The maximum Gasteiger partial charge on any atom is 0.263 e. The van der Waals surface area contributed by atoms with Crippen LogP contribution in [0.1, 0.15) is 15.2 Å². The fraction of sp³-hybridized carbons (Fsp3) is 0.167. The van der Waals surface area contributed by atoms with E-state index in [1.807, 2.05) is 24.3 Å². The van der Waals surface area contributed by atoms with Crippen molar-refractivity contribution in [3.05, 3.63) is 56.9 Å². The zero-order valence-corrected chi connectivity index (χ0v) is 15.9. The summed E-state index contributed by atoms with van der Waals surface area (Å²) in [6.45, 7) is 0.345. The standard InChI is InChI=1S/C18H15Cl2NO3S/c1-23-12-7-6-10(8-13(12)24-2)9-21-18(22)17-16(20)15-11(19)4-3-5-14(15)25-17/h3-8H,9H2,1-2H3,(H,21,22). The normalized spacial score (nSPS) is 10.7. The van der Waals surface area contributed by atoms with Crippen molar-refractivity contribution in [1.82, 2.24) is 5.32 Å². The highest BCUT2D eigenvalue weighted by molar-refractivity contribution is 7.21. The number of carbonyl (C=O) groups excluding carboxylic acids is 1. The number of hydrogen-bond acceptors (Lipinski definition) is 4. The predicted octanol–water partition coefficient (Wildman–Crippen LogP) is 5.16. The number of amides is 1. The average molecular weight is 396 g/mol. The molecule has 1 aromatic heterocycles. The van der Waals surface area contributed by atoms with Crippen LogP contribution in [0.3, 0.4) is 0 Å². The summed E-state index contributed by atoms with van der Waals surface area (Å²) in [5, 5.41) is 4.51. The number of benzene rings is 2. The largest absolute Gasteiger partial charge is 0.493 e. The Bertz CT molecular complexity index is 939. The molecule has 0 saturated heterocycles. The lowest BCUT2D eigenvalue weighted by molar-refractivity contribution is 0.0955. The summed E-state index contributed by atoms with van der Waals surface area (Å²) in [5.41, 5.74) is 0.890. The fourth-order valence-electron chi connectivity index (χ4n) is 2.47. The van der Waals surface area contributed by atoms with Crippen molar-refractivity contribution in [2.75, 3.05) is 14.2 Å². The van der Waals surface area contributed by atoms with E-state index in [9.17, 15) is 4.79 Å². The van der Waals surface area contributed by atoms with Gasteiger partial charge in [-0.25, -0.2) is 0 Å². The first kappa shape index (κ1) is 17.9. The van der Waals surface area contributed by atoms with Crippen molar-refractivity contribution in [1.29, 1.82) is 0 Å². The van der Waals surface area contributed by atoms with Crippen molar-refractivity contribution in [2.24, 2.45) is 0 Å². The van der Waals surface area contributed by atoms with E-state index in [-0.39, 0.29) is 5.91 Å². The second-order valence-electron chi connectivity index (χ2n) is 5.23. The number of rotatable bonds is 5. The second-order valence-corrected chi connectivity index (χ2v) is 7.07. The van der Waals surface area contributed by atoms with E-state index in [1.54, 1.807) is 26.4 Å². The van der Waals surface area contributed by atoms with Crippen molar-refractivity contribution < 1.29 is 14.3 Å². The maximum absolute atomic E-state index is 12.5. The van der Waals surface area contributed by atoms with Crippen LogP contribution in [-0.2, 0) is 6.54 Å². The van der Waals surface area contributed by atoms with E-state index in [0.29, 0.717) is 38.4 Å². The minimum Gasteiger partial charge on any atom is -0.493 e. The second kappa shape index (κ2) is 7.52. The number of thiophene rings is 1. The summed E-state index contributed by atoms with van der Waals surface area (Å²) in [7, 11) is 3.15. The van der Waals surface area contributed by atoms with Crippen molar-refractivity contribution in [3.63, 3.8) is 0 Å². The minimum atomic E-state index is -0.239. The zero-order chi connectivity index (χ0) is 18.0. The molecule has 7 heteroatoms. The Morgan fingerprint density at radius 3 is 2.56 bits per heavy atom. The lowest BCUT2D eigenvalue weighted by Crippen LogP contribution is -2.22. The molecule has 0 saturated carbocycles. The number of ether oxygens (including phenoxy) is 2. The van der Waals surface area contributed by atoms with Gasteiger partial charge in [-0.15, -0.1) is 11.3 Å². The van der Waals surface area contributed by atoms with Gasteiger partial charge in [0.25, 0.3) is 5.91 Å². The van der Waals surface area contributed by atoms with Gasteiger partial charge >= 0.3 is 0 Å². The van der Waals surface area contributed by atoms with Crippen molar-refractivity contribution in [3.8, 4) is 11.5 Å². The highest BCUT2D eigenvalue weighted by Gasteiger charge is 2.18. The van der Waals surface area contributed by atoms with Crippen LogP contribution < -0.4 is 14.8 Å². The molecule has 1 heterocycles. The zero-order valence-electron chi connectivity index (χ0n) is 13.6. The van der Waals surface area contributed by atoms with Gasteiger partial charge in [0, 0.05) is 16.6 Å². The molecule has 25 heavy (non-hydrogen) atoms. The number of fused-ring (bicyclic) bond motifs is 1. The molecule has 0 aliphatic carbocycles. The van der Waals surface area contributed by atoms with Gasteiger partial charge in [-0.05, 0) is 29.8 Å². The minimum absolute atomic E-state index is 0.239. The summed E-state index contributed by atoms with van der Waals surface area (Å²) in [6, 6.07) is 11.0. The van der Waals surface area contributed by atoms with Crippen LogP contribution in [0, 0.1) is 0 Å². The van der Waals surface area contributed by atoms with Crippen LogP contribution in [-0.4, -0.2) is 20.1 Å². The molecular formula is C18H15Cl2NO3S. The molecule has 0 radical (unpaired) electrons. The van der Waals surface area contributed by atoms with E-state index in [2.05, 4.69) is 5.32 Å². The Labute approximate surface area is 159 Å². The van der Waals surface area contributed by atoms with Crippen LogP contribution in [0.25, 0.3) is 10.1 Å². The highest BCUT2D eigenvalue weighted by atomic mass is 35.5. The Hall–Kier alpha value is -1.95. The van der Waals surface area contributed by atoms with Crippen LogP contribution in [0.4, 0.5) is 0 Å². The van der Waals surface area contributed by atoms with Gasteiger partial charge in [0.2, 0.25) is 0 Å². The molecule has 0 aliphatic rings. The first-order valence-corrected chi connectivity index (χ1v) is 8.98. The van der Waals surface area contributed by atoms with Gasteiger partial charge in [-0.2, -0.15) is 0 Å². The van der Waals surface area contributed by atoms with E-state index >= 15 is 0 Å². The quantitative estimate of drug-likeness (QED) is 0.649. The topological polar surface area (TPSA) is 47.6 Å². The number of carbonyl (C=O) groups is 1. The first-order chi connectivity index (χ1) is 12.0. The van der Waals surface area contributed by atoms with Gasteiger partial charge in [0.1, 0.15) is 4.88 Å². The smallest absolute Gasteiger partial charge is 0.263 e. The summed E-state index contributed by atoms with van der Waals surface area (Å²) < 4.78 is 11.4. The number of methoxy groups -OCH3 is 2. The Balaban J connectivity index is 1.79. The third-order valence-electron chi connectivity index (χ3n) is 3.71. The Kier molecular flexibility index (Phi) is 5.37. The third-order valence-corrected chi connectivity index (χ3v) is 5.67. The predicted molar refractivity (Wildman–Crippen MR) is 103 cm³/mol. The summed E-state index contributed by atoms with van der Waals surface area (Å²) in [6.07, 6.45) is 0. The highest BCUT2D eigenvalue weighted by Crippen LogP contribution is 2.39. The summed E-state index contributed by atoms with van der Waals surface area (Å²) in [4.78, 5) is 13.0. The first-order valence-electron chi connectivity index (χ1n) is 7.40. The number of halogens is 2. The molecule has 0 fully saturated rings. The molecule has 0 atom stereocenters. The van der Waals surface area contributed by atoms with Crippen molar-refractivity contribution in [2.45, 2.75) is 6.54 Å². The molecule has 3 rings (SSSR count). The third kappa shape index (κ3) is 3.54. The molecule has 1 N–H and O–H groups in total. The van der Waals surface area contributed by atoms with E-state index in [1.165, 1.54) is 11.3 Å². The molecular weight excluding hydrogens is 381 g/mol. The van der Waals surface area contributed by atoms with Gasteiger partial charge in [0.05, 0.1) is 24.3 Å². The average Bonchev–Trinajstić information content (AvgIpc) is 2.97. The number of nitrogens with one attached hydrogen (secondary N) is 1. The summed E-state index contributed by atoms with van der Waals surface area (Å²) in [5.74, 6) is 1.01. The van der Waals surface area contributed by atoms with Crippen LogP contribution in [0.5, 0.6) is 11.5 Å². The number of hydrogen-bond donors (Lipinski definition) is 1. The lowest BCUT2D eigenvalue weighted by Gasteiger charge is -2.10. The van der Waals surface area contributed by atoms with Crippen LogP contribution in [0.2, 0.25) is 10.0 Å². The van der Waals surface area contributed by atoms with Gasteiger partial charge in [-0.1, -0.05) is 35.3 Å². The lowest BCUT2D eigenvalue weighted by atomic mass is 10.2. The van der Waals surface area contributed by atoms with Gasteiger partial charge in [-0.3, -0.25) is 4.79 Å². The Morgan fingerprint density at radius 2 is 1.88 bits per heavy atom. The van der Waals surface area contributed by atoms with E-state index < -0.39 is 0 Å². The Morgan fingerprint density at radius 1 is 1.12 bits per heavy atom. The van der Waals surface area contributed by atoms with Crippen molar-refractivity contribution >= 4 is 50.5 Å². The molecule has 2 aromatic carbocycles. The molecule has 3 aromatic rings. The summed E-state index contributed by atoms with van der Waals surface area (Å²) >= 11 is 13.9. The maximum atomic E-state index is 12.5. The van der Waals surface area contributed by atoms with E-state index in [4.69, 9.17) is 32.7 Å². The molecule has 0 unspecified atom stereocenters. The molecule has 4 nitrogen and oxygen atoms in total. The molecule has 0 bridgehead atoms. The molecule has 1 amide bonds. The fourth-order valence-corrected chi connectivity index (χ4v) is 4.34. The van der Waals surface area contributed by atoms with Crippen LogP contribution in [0.15, 0.2) is 36.4 Å². The monoisotopic (exact) mass is 395 g/mol.